The van der Waals surface area contributed by atoms with E-state index in [1.54, 1.807) is 0 Å². The summed E-state index contributed by atoms with van der Waals surface area (Å²) in [6.45, 7) is 6.06. The molecule has 2 rings (SSSR count). The van der Waals surface area contributed by atoms with Crippen molar-refractivity contribution in [1.29, 1.82) is 0 Å². The molecule has 0 aliphatic rings. The Balaban J connectivity index is 2.04. The highest BCUT2D eigenvalue weighted by Gasteiger charge is 2.23. The summed E-state index contributed by atoms with van der Waals surface area (Å²) >= 11 is 1.49. The van der Waals surface area contributed by atoms with Crippen LogP contribution in [0.3, 0.4) is 0 Å². The van der Waals surface area contributed by atoms with Gasteiger partial charge in [0.1, 0.15) is 0 Å². The molecule has 0 saturated heterocycles. The summed E-state index contributed by atoms with van der Waals surface area (Å²) in [6.07, 6.45) is 1.48. The van der Waals surface area contributed by atoms with Crippen molar-refractivity contribution in [2.75, 3.05) is 5.75 Å². The van der Waals surface area contributed by atoms with Crippen LogP contribution in [0, 0.1) is 6.92 Å². The fourth-order valence-electron chi connectivity index (χ4n) is 1.80. The third-order valence-corrected chi connectivity index (χ3v) is 4.70. The van der Waals surface area contributed by atoms with Gasteiger partial charge in [-0.3, -0.25) is 5.10 Å². The highest BCUT2D eigenvalue weighted by Crippen LogP contribution is 2.26. The lowest BCUT2D eigenvalue weighted by Gasteiger charge is -2.23. The summed E-state index contributed by atoms with van der Waals surface area (Å²) in [5.41, 5.74) is 1.62. The standard InChI is InChI=1S/C15H21N3OS/c1-4-15(19,5-2)10-20-14-16-13(17-18-14)12-8-6-11(3)7-9-12/h6-9,19H,4-5,10H2,1-3H3,(H,16,17,18). The van der Waals surface area contributed by atoms with Gasteiger partial charge in [-0.05, 0) is 19.8 Å². The Hall–Kier alpha value is -1.33. The third kappa shape index (κ3) is 3.61. The molecule has 108 valence electrons. The summed E-state index contributed by atoms with van der Waals surface area (Å²) in [7, 11) is 0. The van der Waals surface area contributed by atoms with Crippen molar-refractivity contribution < 1.29 is 5.11 Å². The fraction of sp³-hybridized carbons (Fsp3) is 0.467. The number of H-pyrrole nitrogens is 1. The molecule has 0 atom stereocenters. The quantitative estimate of drug-likeness (QED) is 0.801. The SMILES string of the molecule is CCC(O)(CC)CSc1n[nH]c(-c2ccc(C)cc2)n1. The van der Waals surface area contributed by atoms with Crippen LogP contribution in [0.5, 0.6) is 0 Å². The minimum absolute atomic E-state index is 0.616. The van der Waals surface area contributed by atoms with Gasteiger partial charge in [0.15, 0.2) is 5.82 Å². The zero-order valence-corrected chi connectivity index (χ0v) is 13.0. The van der Waals surface area contributed by atoms with E-state index in [2.05, 4.69) is 34.2 Å². The van der Waals surface area contributed by atoms with Gasteiger partial charge in [0.2, 0.25) is 5.16 Å². The van der Waals surface area contributed by atoms with Crippen LogP contribution in [0.1, 0.15) is 32.3 Å². The van der Waals surface area contributed by atoms with Crippen LogP contribution in [0.4, 0.5) is 0 Å². The van der Waals surface area contributed by atoms with Crippen LogP contribution in [0.2, 0.25) is 0 Å². The van der Waals surface area contributed by atoms with Gasteiger partial charge in [-0.2, -0.15) is 0 Å². The van der Waals surface area contributed by atoms with Crippen LogP contribution in [0.15, 0.2) is 29.4 Å². The molecule has 0 radical (unpaired) electrons. The smallest absolute Gasteiger partial charge is 0.208 e. The van der Waals surface area contributed by atoms with Gasteiger partial charge in [-0.25, -0.2) is 4.98 Å². The van der Waals surface area contributed by atoms with Gasteiger partial charge in [-0.15, -0.1) is 5.10 Å². The van der Waals surface area contributed by atoms with E-state index in [0.29, 0.717) is 10.9 Å². The van der Waals surface area contributed by atoms with Crippen molar-refractivity contribution >= 4 is 11.8 Å². The van der Waals surface area contributed by atoms with Crippen molar-refractivity contribution in [3.63, 3.8) is 0 Å². The number of hydrogen-bond acceptors (Lipinski definition) is 4. The van der Waals surface area contributed by atoms with Crippen molar-refractivity contribution in [3.05, 3.63) is 29.8 Å². The molecule has 0 bridgehead atoms. The van der Waals surface area contributed by atoms with Gasteiger partial charge in [0.25, 0.3) is 0 Å². The average molecular weight is 291 g/mol. The monoisotopic (exact) mass is 291 g/mol. The van der Waals surface area contributed by atoms with Gasteiger partial charge in [0, 0.05) is 11.3 Å². The minimum Gasteiger partial charge on any atom is -0.389 e. The number of benzene rings is 1. The number of aromatic nitrogens is 3. The molecule has 0 aliphatic heterocycles. The molecule has 1 aromatic heterocycles. The Morgan fingerprint density at radius 3 is 2.45 bits per heavy atom. The highest BCUT2D eigenvalue weighted by atomic mass is 32.2. The second kappa shape index (κ2) is 6.41. The molecule has 1 aromatic carbocycles. The van der Waals surface area contributed by atoms with E-state index in [4.69, 9.17) is 0 Å². The molecule has 0 aliphatic carbocycles. The number of nitrogens with one attached hydrogen (secondary N) is 1. The largest absolute Gasteiger partial charge is 0.389 e. The topological polar surface area (TPSA) is 61.8 Å². The molecular formula is C15H21N3OS. The first-order valence-corrected chi connectivity index (χ1v) is 7.89. The predicted octanol–water partition coefficient (Wildman–Crippen LogP) is 3.42. The first kappa shape index (κ1) is 15.1. The van der Waals surface area contributed by atoms with E-state index < -0.39 is 5.60 Å². The molecular weight excluding hydrogens is 270 g/mol. The lowest BCUT2D eigenvalue weighted by molar-refractivity contribution is 0.0571. The summed E-state index contributed by atoms with van der Waals surface area (Å²) in [5.74, 6) is 1.38. The molecule has 2 aromatic rings. The zero-order chi connectivity index (χ0) is 14.6. The van der Waals surface area contributed by atoms with Crippen LogP contribution in [-0.4, -0.2) is 31.6 Å². The summed E-state index contributed by atoms with van der Waals surface area (Å²) < 4.78 is 0. The summed E-state index contributed by atoms with van der Waals surface area (Å²) in [5, 5.41) is 18.1. The van der Waals surface area contributed by atoms with E-state index >= 15 is 0 Å². The Labute approximate surface area is 124 Å². The highest BCUT2D eigenvalue weighted by molar-refractivity contribution is 7.99. The number of aromatic amines is 1. The Morgan fingerprint density at radius 2 is 1.85 bits per heavy atom. The summed E-state index contributed by atoms with van der Waals surface area (Å²) in [6, 6.07) is 8.16. The zero-order valence-electron chi connectivity index (χ0n) is 12.2. The van der Waals surface area contributed by atoms with E-state index in [1.165, 1.54) is 17.3 Å². The van der Waals surface area contributed by atoms with Gasteiger partial charge < -0.3 is 5.11 Å². The van der Waals surface area contributed by atoms with Crippen molar-refractivity contribution in [1.82, 2.24) is 15.2 Å². The molecule has 1 heterocycles. The maximum Gasteiger partial charge on any atom is 0.208 e. The van der Waals surface area contributed by atoms with E-state index in [1.807, 2.05) is 26.0 Å². The fourth-order valence-corrected chi connectivity index (χ4v) is 2.88. The number of hydrogen-bond donors (Lipinski definition) is 2. The Kier molecular flexibility index (Phi) is 4.83. The predicted molar refractivity (Wildman–Crippen MR) is 82.8 cm³/mol. The van der Waals surface area contributed by atoms with Crippen molar-refractivity contribution in [2.24, 2.45) is 0 Å². The summed E-state index contributed by atoms with van der Waals surface area (Å²) in [4.78, 5) is 4.47. The molecule has 0 spiro atoms. The molecule has 5 heteroatoms. The lowest BCUT2D eigenvalue weighted by atomic mass is 10.0. The lowest BCUT2D eigenvalue weighted by Crippen LogP contribution is -2.29. The van der Waals surface area contributed by atoms with Crippen LogP contribution >= 0.6 is 11.8 Å². The van der Waals surface area contributed by atoms with E-state index in [-0.39, 0.29) is 0 Å². The second-order valence-corrected chi connectivity index (χ2v) is 6.00. The van der Waals surface area contributed by atoms with Gasteiger partial charge in [-0.1, -0.05) is 55.4 Å². The first-order chi connectivity index (χ1) is 9.56. The van der Waals surface area contributed by atoms with Gasteiger partial charge in [0.05, 0.1) is 5.60 Å². The number of aliphatic hydroxyl groups is 1. The molecule has 0 unspecified atom stereocenters. The molecule has 0 fully saturated rings. The first-order valence-electron chi connectivity index (χ1n) is 6.91. The third-order valence-electron chi connectivity index (χ3n) is 3.58. The Bertz CT molecular complexity index is 547. The van der Waals surface area contributed by atoms with Crippen molar-refractivity contribution in [3.8, 4) is 11.4 Å². The molecule has 0 amide bonds. The number of nitrogens with zero attached hydrogens (tertiary/aromatic N) is 2. The van der Waals surface area contributed by atoms with Crippen LogP contribution in [-0.2, 0) is 0 Å². The normalized spacial score (nSPS) is 11.8. The minimum atomic E-state index is -0.630. The molecule has 4 nitrogen and oxygen atoms in total. The Morgan fingerprint density at radius 1 is 1.20 bits per heavy atom. The number of rotatable bonds is 6. The van der Waals surface area contributed by atoms with Crippen molar-refractivity contribution in [2.45, 2.75) is 44.4 Å². The second-order valence-electron chi connectivity index (χ2n) is 5.05. The van der Waals surface area contributed by atoms with Crippen LogP contribution in [0.25, 0.3) is 11.4 Å². The molecule has 20 heavy (non-hydrogen) atoms. The maximum absolute atomic E-state index is 10.3. The van der Waals surface area contributed by atoms with E-state index in [9.17, 15) is 5.11 Å². The molecule has 0 saturated carbocycles. The maximum atomic E-state index is 10.3. The number of aryl methyl sites for hydroxylation is 1. The van der Waals surface area contributed by atoms with E-state index in [0.717, 1.165) is 24.2 Å². The van der Waals surface area contributed by atoms with Gasteiger partial charge >= 0.3 is 0 Å². The number of thioether (sulfide) groups is 1. The van der Waals surface area contributed by atoms with Crippen LogP contribution < -0.4 is 0 Å². The average Bonchev–Trinajstić information content (AvgIpc) is 2.94. The molecule has 2 N–H and O–H groups in total.